The number of alkyl halides is 3. The van der Waals surface area contributed by atoms with Gasteiger partial charge >= 0.3 is 6.18 Å². The molecule has 0 aliphatic heterocycles. The molecule has 0 saturated heterocycles. The maximum atomic E-state index is 13.2. The van der Waals surface area contributed by atoms with E-state index >= 15 is 0 Å². The van der Waals surface area contributed by atoms with Gasteiger partial charge < -0.3 is 0 Å². The molecule has 0 N–H and O–H groups in total. The van der Waals surface area contributed by atoms with E-state index in [1.54, 1.807) is 30.3 Å². The van der Waals surface area contributed by atoms with Crippen LogP contribution in [0.2, 0.25) is 5.02 Å². The van der Waals surface area contributed by atoms with E-state index < -0.39 is 11.7 Å². The third-order valence-electron chi connectivity index (χ3n) is 2.71. The highest BCUT2D eigenvalue weighted by Gasteiger charge is 2.33. The summed E-state index contributed by atoms with van der Waals surface area (Å²) in [4.78, 5) is 0. The lowest BCUT2D eigenvalue weighted by atomic mass is 9.97. The molecule has 0 nitrogen and oxygen atoms in total. The van der Waals surface area contributed by atoms with Gasteiger partial charge in [0.25, 0.3) is 0 Å². The van der Waals surface area contributed by atoms with Crippen molar-refractivity contribution < 1.29 is 13.2 Å². The smallest absolute Gasteiger partial charge is 0.166 e. The van der Waals surface area contributed by atoms with Crippen LogP contribution in [0.3, 0.4) is 0 Å². The average molecular weight is 439 g/mol. The number of halogens is 5. The molecule has 2 rings (SSSR count). The zero-order chi connectivity index (χ0) is 15.5. The minimum Gasteiger partial charge on any atom is -0.166 e. The predicted octanol–water partition coefficient (Wildman–Crippen LogP) is 6.42. The molecule has 0 atom stereocenters. The Morgan fingerprint density at radius 2 is 1.71 bits per heavy atom. The van der Waals surface area contributed by atoms with Crippen molar-refractivity contribution in [3.05, 3.63) is 58.6 Å². The first-order chi connectivity index (χ1) is 9.91. The zero-order valence-electron chi connectivity index (χ0n) is 10.3. The molecule has 2 aromatic rings. The van der Waals surface area contributed by atoms with Gasteiger partial charge in [0.05, 0.1) is 5.56 Å². The molecule has 0 spiro atoms. The number of rotatable bonds is 1. The maximum Gasteiger partial charge on any atom is 0.417 e. The Labute approximate surface area is 141 Å². The minimum absolute atomic E-state index is 0.117. The van der Waals surface area contributed by atoms with E-state index in [1.807, 2.05) is 21.2 Å². The van der Waals surface area contributed by atoms with Gasteiger partial charge in [-0.15, -0.1) is 0 Å². The Morgan fingerprint density at radius 1 is 1.05 bits per heavy atom. The van der Waals surface area contributed by atoms with Crippen LogP contribution >= 0.6 is 41.7 Å². The Balaban J connectivity index is 2.57. The Morgan fingerprint density at radius 3 is 2.29 bits per heavy atom. The monoisotopic (exact) mass is 438 g/mol. The molecule has 0 saturated carbocycles. The van der Waals surface area contributed by atoms with Gasteiger partial charge in [-0.1, -0.05) is 35.7 Å². The van der Waals surface area contributed by atoms with Gasteiger partial charge in [0.15, 0.2) is 0 Å². The largest absolute Gasteiger partial charge is 0.417 e. The summed E-state index contributed by atoms with van der Waals surface area (Å²) in [6.07, 6.45) is -4.44. The summed E-state index contributed by atoms with van der Waals surface area (Å²) in [5, 5.41) is 3.16. The molecule has 0 aromatic heterocycles. The summed E-state index contributed by atoms with van der Waals surface area (Å²) in [6, 6.07) is 10.4. The van der Waals surface area contributed by atoms with Crippen molar-refractivity contribution in [1.82, 2.24) is 0 Å². The first-order valence-corrected chi connectivity index (χ1v) is 9.41. The van der Waals surface area contributed by atoms with E-state index in [-0.39, 0.29) is 5.56 Å². The molecule has 0 fully saturated rings. The van der Waals surface area contributed by atoms with E-state index in [9.17, 15) is 13.2 Å². The first kappa shape index (κ1) is 16.5. The molecule has 0 unspecified atom stereocenters. The molecule has 0 amide bonds. The lowest BCUT2D eigenvalue weighted by Gasteiger charge is -2.13. The SMILES string of the molecule is FC(F)(F)c1cc(C#CSI)ccc1-c1ccc(Cl)cc1. The van der Waals surface area contributed by atoms with Crippen molar-refractivity contribution in [2.75, 3.05) is 0 Å². The molecule has 0 heterocycles. The molecule has 2 aromatic carbocycles. The van der Waals surface area contributed by atoms with Crippen LogP contribution in [0.4, 0.5) is 13.2 Å². The number of hydrogen-bond donors (Lipinski definition) is 0. The summed E-state index contributed by atoms with van der Waals surface area (Å²) in [7, 11) is 1.22. The molecule has 108 valence electrons. The highest BCUT2D eigenvalue weighted by molar-refractivity contribution is 14.2. The van der Waals surface area contributed by atoms with Crippen molar-refractivity contribution in [3.63, 3.8) is 0 Å². The van der Waals surface area contributed by atoms with Crippen molar-refractivity contribution >= 4 is 41.7 Å². The zero-order valence-corrected chi connectivity index (χ0v) is 14.1. The highest BCUT2D eigenvalue weighted by Crippen LogP contribution is 2.37. The second kappa shape index (κ2) is 6.95. The van der Waals surface area contributed by atoms with Crippen molar-refractivity contribution in [2.24, 2.45) is 0 Å². The number of hydrogen-bond acceptors (Lipinski definition) is 1. The Bertz CT molecular complexity index is 700. The molecule has 6 heteroatoms. The summed E-state index contributed by atoms with van der Waals surface area (Å²) in [5.41, 5.74) is 0.223. The van der Waals surface area contributed by atoms with E-state index in [0.29, 0.717) is 16.1 Å². The second-order valence-corrected chi connectivity index (χ2v) is 6.19. The molecule has 21 heavy (non-hydrogen) atoms. The maximum absolute atomic E-state index is 13.2. The summed E-state index contributed by atoms with van der Waals surface area (Å²) in [6.45, 7) is 0. The molecular weight excluding hydrogens is 432 g/mol. The van der Waals surface area contributed by atoms with Gasteiger partial charge in [-0.05, 0) is 49.6 Å². The van der Waals surface area contributed by atoms with E-state index in [0.717, 1.165) is 6.07 Å². The van der Waals surface area contributed by atoms with E-state index in [2.05, 4.69) is 11.2 Å². The molecular formula is C15H7ClF3IS. The highest BCUT2D eigenvalue weighted by atomic mass is 127. The van der Waals surface area contributed by atoms with Crippen LogP contribution in [-0.4, -0.2) is 0 Å². The third kappa shape index (κ3) is 4.31. The topological polar surface area (TPSA) is 0 Å². The van der Waals surface area contributed by atoms with Gasteiger partial charge in [-0.2, -0.15) is 13.2 Å². The van der Waals surface area contributed by atoms with E-state index in [4.69, 9.17) is 11.6 Å². The Kier molecular flexibility index (Phi) is 5.47. The lowest BCUT2D eigenvalue weighted by molar-refractivity contribution is -0.137. The van der Waals surface area contributed by atoms with Crippen LogP contribution in [0, 0.1) is 11.2 Å². The fraction of sp³-hybridized carbons (Fsp3) is 0.0667. The van der Waals surface area contributed by atoms with Gasteiger partial charge in [-0.3, -0.25) is 0 Å². The van der Waals surface area contributed by atoms with Crippen LogP contribution in [0.15, 0.2) is 42.5 Å². The summed E-state index contributed by atoms with van der Waals surface area (Å²) in [5.74, 6) is 2.68. The lowest BCUT2D eigenvalue weighted by Crippen LogP contribution is -2.07. The fourth-order valence-corrected chi connectivity index (χ4v) is 2.43. The summed E-state index contributed by atoms with van der Waals surface area (Å²) < 4.78 is 39.7. The molecule has 0 bridgehead atoms. The molecule has 0 aliphatic carbocycles. The predicted molar refractivity (Wildman–Crippen MR) is 90.4 cm³/mol. The fourth-order valence-electron chi connectivity index (χ4n) is 1.82. The average Bonchev–Trinajstić information content (AvgIpc) is 2.45. The second-order valence-electron chi connectivity index (χ2n) is 4.07. The van der Waals surface area contributed by atoms with Crippen LogP contribution in [0.1, 0.15) is 11.1 Å². The van der Waals surface area contributed by atoms with Gasteiger partial charge in [0.2, 0.25) is 0 Å². The molecule has 0 radical (unpaired) electrons. The van der Waals surface area contributed by atoms with Gasteiger partial charge in [0.1, 0.15) is 0 Å². The standard InChI is InChI=1S/C15H7ClF3IS/c16-12-4-2-11(3-5-12)13-6-1-10(7-8-21-20)9-14(13)15(17,18)19/h1-6,9H. The van der Waals surface area contributed by atoms with Crippen LogP contribution in [0.25, 0.3) is 11.1 Å². The minimum atomic E-state index is -4.44. The van der Waals surface area contributed by atoms with Crippen molar-refractivity contribution in [3.8, 4) is 22.3 Å². The number of benzene rings is 2. The first-order valence-electron chi connectivity index (χ1n) is 5.67. The van der Waals surface area contributed by atoms with Gasteiger partial charge in [-0.25, -0.2) is 0 Å². The van der Waals surface area contributed by atoms with Gasteiger partial charge in [0, 0.05) is 31.8 Å². The van der Waals surface area contributed by atoms with Crippen LogP contribution in [0.5, 0.6) is 0 Å². The summed E-state index contributed by atoms with van der Waals surface area (Å²) >= 11 is 7.73. The van der Waals surface area contributed by atoms with Crippen LogP contribution in [-0.2, 0) is 6.18 Å². The Hall–Kier alpha value is -0.840. The quantitative estimate of drug-likeness (QED) is 0.366. The molecule has 0 aliphatic rings. The van der Waals surface area contributed by atoms with Crippen molar-refractivity contribution in [1.29, 1.82) is 0 Å². The third-order valence-corrected chi connectivity index (χ3v) is 3.81. The van der Waals surface area contributed by atoms with Crippen molar-refractivity contribution in [2.45, 2.75) is 6.18 Å². The normalized spacial score (nSPS) is 10.9. The van der Waals surface area contributed by atoms with E-state index in [1.165, 1.54) is 15.0 Å². The van der Waals surface area contributed by atoms with Crippen LogP contribution < -0.4 is 0 Å².